The van der Waals surface area contributed by atoms with Crippen LogP contribution in [0.2, 0.25) is 0 Å². The third-order valence-electron chi connectivity index (χ3n) is 9.03. The number of methoxy groups -OCH3 is 2. The molecule has 6 nitrogen and oxygen atoms in total. The quantitative estimate of drug-likeness (QED) is 0.419. The van der Waals surface area contributed by atoms with Crippen molar-refractivity contribution in [3.05, 3.63) is 47.8 Å². The van der Waals surface area contributed by atoms with E-state index in [0.29, 0.717) is 11.3 Å². The van der Waals surface area contributed by atoms with Gasteiger partial charge in [-0.15, -0.1) is 0 Å². The van der Waals surface area contributed by atoms with Gasteiger partial charge in [-0.1, -0.05) is 19.9 Å². The van der Waals surface area contributed by atoms with Gasteiger partial charge >= 0.3 is 0 Å². The molecule has 37 heavy (non-hydrogen) atoms. The highest BCUT2D eigenvalue weighted by Crippen LogP contribution is 2.51. The molecule has 3 aliphatic rings. The van der Waals surface area contributed by atoms with Crippen LogP contribution < -0.4 is 9.47 Å². The van der Waals surface area contributed by atoms with Crippen molar-refractivity contribution >= 4 is 5.65 Å². The number of aryl methyl sites for hydroxylation is 1. The number of fused-ring (bicyclic) bond motifs is 1. The minimum atomic E-state index is 0.630. The van der Waals surface area contributed by atoms with Crippen LogP contribution in [0.1, 0.15) is 56.6 Å². The van der Waals surface area contributed by atoms with E-state index >= 15 is 0 Å². The first kappa shape index (κ1) is 24.7. The number of nitrogens with zero attached hydrogens (tertiary/aromatic N) is 4. The molecule has 4 heterocycles. The topological polar surface area (TPSA) is 42.2 Å². The molecular formula is C31H42N4O2. The molecule has 1 saturated carbocycles. The van der Waals surface area contributed by atoms with E-state index in [0.717, 1.165) is 40.4 Å². The van der Waals surface area contributed by atoms with Gasteiger partial charge in [-0.05, 0) is 92.3 Å². The van der Waals surface area contributed by atoms with Crippen molar-refractivity contribution in [3.8, 4) is 22.8 Å². The third-order valence-corrected chi connectivity index (χ3v) is 9.03. The fraction of sp³-hybridized carbons (Fsp3) is 0.581. The normalized spacial score (nSPS) is 20.9. The lowest BCUT2D eigenvalue weighted by Crippen LogP contribution is -2.67. The maximum absolute atomic E-state index is 5.51. The second-order valence-electron chi connectivity index (χ2n) is 12.3. The number of pyridine rings is 1. The van der Waals surface area contributed by atoms with E-state index < -0.39 is 0 Å². The minimum absolute atomic E-state index is 0.630. The van der Waals surface area contributed by atoms with E-state index in [1.54, 1.807) is 14.2 Å². The van der Waals surface area contributed by atoms with Crippen molar-refractivity contribution in [1.82, 2.24) is 19.2 Å². The van der Waals surface area contributed by atoms with Crippen molar-refractivity contribution in [2.24, 2.45) is 11.3 Å². The lowest BCUT2D eigenvalue weighted by Gasteiger charge is -2.62. The Kier molecular flexibility index (Phi) is 6.44. The van der Waals surface area contributed by atoms with E-state index in [-0.39, 0.29) is 0 Å². The first-order chi connectivity index (χ1) is 17.9. The molecule has 0 amide bonds. The monoisotopic (exact) mass is 502 g/mol. The molecule has 0 bridgehead atoms. The van der Waals surface area contributed by atoms with Gasteiger partial charge in [0.15, 0.2) is 11.5 Å². The van der Waals surface area contributed by atoms with Crippen LogP contribution in [0.3, 0.4) is 0 Å². The van der Waals surface area contributed by atoms with Gasteiger partial charge in [0.05, 0.1) is 19.9 Å². The van der Waals surface area contributed by atoms with Crippen LogP contribution in [0.4, 0.5) is 0 Å². The van der Waals surface area contributed by atoms with Crippen molar-refractivity contribution in [3.63, 3.8) is 0 Å². The molecule has 0 radical (unpaired) electrons. The predicted octanol–water partition coefficient (Wildman–Crippen LogP) is 5.63. The summed E-state index contributed by atoms with van der Waals surface area (Å²) in [6.45, 7) is 13.3. The van der Waals surface area contributed by atoms with Gasteiger partial charge in [0.25, 0.3) is 0 Å². The number of likely N-dealkylation sites (tertiary alicyclic amines) is 2. The van der Waals surface area contributed by atoms with Crippen LogP contribution >= 0.6 is 0 Å². The van der Waals surface area contributed by atoms with Crippen molar-refractivity contribution in [2.45, 2.75) is 58.4 Å². The lowest BCUT2D eigenvalue weighted by atomic mass is 9.60. The largest absolute Gasteiger partial charge is 0.493 e. The predicted molar refractivity (Wildman–Crippen MR) is 149 cm³/mol. The number of hydrogen-bond donors (Lipinski definition) is 0. The van der Waals surface area contributed by atoms with Gasteiger partial charge in [-0.3, -0.25) is 0 Å². The molecule has 3 aromatic rings. The Morgan fingerprint density at radius 3 is 2.41 bits per heavy atom. The summed E-state index contributed by atoms with van der Waals surface area (Å²) in [5.41, 5.74) is 6.37. The van der Waals surface area contributed by atoms with Crippen molar-refractivity contribution in [1.29, 1.82) is 0 Å². The molecule has 2 aliphatic heterocycles. The molecule has 198 valence electrons. The highest BCUT2D eigenvalue weighted by Gasteiger charge is 2.53. The zero-order valence-corrected chi connectivity index (χ0v) is 23.2. The molecule has 0 N–H and O–H groups in total. The number of hydrogen-bond acceptors (Lipinski definition) is 5. The second kappa shape index (κ2) is 9.63. The first-order valence-electron chi connectivity index (χ1n) is 14.0. The Morgan fingerprint density at radius 2 is 1.73 bits per heavy atom. The number of imidazole rings is 1. The van der Waals surface area contributed by atoms with Gasteiger partial charge < -0.3 is 23.7 Å². The summed E-state index contributed by atoms with van der Waals surface area (Å²) < 4.78 is 13.1. The molecule has 1 aromatic carbocycles. The zero-order chi connectivity index (χ0) is 25.7. The van der Waals surface area contributed by atoms with E-state index in [1.165, 1.54) is 69.5 Å². The Hall–Kier alpha value is -2.57. The van der Waals surface area contributed by atoms with E-state index in [2.05, 4.69) is 53.4 Å². The molecule has 2 saturated heterocycles. The molecular weight excluding hydrogens is 460 g/mol. The average molecular weight is 503 g/mol. The van der Waals surface area contributed by atoms with E-state index in [9.17, 15) is 0 Å². The van der Waals surface area contributed by atoms with Crippen LogP contribution in [0.25, 0.3) is 16.9 Å². The van der Waals surface area contributed by atoms with Crippen LogP contribution in [0.5, 0.6) is 11.5 Å². The van der Waals surface area contributed by atoms with E-state index in [4.69, 9.17) is 14.5 Å². The van der Waals surface area contributed by atoms with Crippen LogP contribution in [0, 0.1) is 18.3 Å². The summed E-state index contributed by atoms with van der Waals surface area (Å²) in [5.74, 6) is 2.88. The number of aromatic nitrogens is 2. The highest BCUT2D eigenvalue weighted by atomic mass is 16.5. The van der Waals surface area contributed by atoms with Gasteiger partial charge in [0.1, 0.15) is 5.65 Å². The Balaban J connectivity index is 1.10. The number of benzene rings is 1. The maximum Gasteiger partial charge on any atom is 0.161 e. The molecule has 6 rings (SSSR count). The molecule has 2 aromatic heterocycles. The summed E-state index contributed by atoms with van der Waals surface area (Å²) >= 11 is 0. The van der Waals surface area contributed by atoms with E-state index in [1.807, 2.05) is 18.2 Å². The zero-order valence-electron chi connectivity index (χ0n) is 23.2. The summed E-state index contributed by atoms with van der Waals surface area (Å²) in [4.78, 5) is 10.4. The van der Waals surface area contributed by atoms with Crippen molar-refractivity contribution in [2.75, 3.05) is 46.9 Å². The summed E-state index contributed by atoms with van der Waals surface area (Å²) in [6, 6.07) is 9.19. The summed E-state index contributed by atoms with van der Waals surface area (Å²) in [6.07, 6.45) is 9.82. The average Bonchev–Trinajstić information content (AvgIpc) is 3.29. The molecule has 1 spiro atoms. The van der Waals surface area contributed by atoms with Crippen molar-refractivity contribution < 1.29 is 9.47 Å². The first-order valence-corrected chi connectivity index (χ1v) is 14.0. The lowest BCUT2D eigenvalue weighted by molar-refractivity contribution is -0.115. The second-order valence-corrected chi connectivity index (χ2v) is 12.3. The molecule has 0 atom stereocenters. The maximum atomic E-state index is 5.51. The van der Waals surface area contributed by atoms with Crippen LogP contribution in [0.15, 0.2) is 36.7 Å². The Bertz CT molecular complexity index is 1260. The number of piperidine rings is 1. The SMILES string of the molecule is COc1ccc(-c2cn3cc(C4CCN(C5CC6(C5)CN(CC(C)C)C6)CC4)cc(C)c3n2)cc1OC. The third kappa shape index (κ3) is 4.63. The summed E-state index contributed by atoms with van der Waals surface area (Å²) in [5, 5.41) is 0. The number of rotatable bonds is 7. The molecule has 1 aliphatic carbocycles. The molecule has 3 fully saturated rings. The van der Waals surface area contributed by atoms with Gasteiger partial charge in [0, 0.05) is 43.6 Å². The molecule has 0 unspecified atom stereocenters. The fourth-order valence-corrected chi connectivity index (χ4v) is 7.26. The smallest absolute Gasteiger partial charge is 0.161 e. The van der Waals surface area contributed by atoms with Gasteiger partial charge in [0.2, 0.25) is 0 Å². The Labute approximate surface area is 221 Å². The van der Waals surface area contributed by atoms with Crippen LogP contribution in [-0.4, -0.2) is 72.2 Å². The Morgan fingerprint density at radius 1 is 1.00 bits per heavy atom. The van der Waals surface area contributed by atoms with Gasteiger partial charge in [-0.2, -0.15) is 0 Å². The minimum Gasteiger partial charge on any atom is -0.493 e. The summed E-state index contributed by atoms with van der Waals surface area (Å²) in [7, 11) is 3.33. The fourth-order valence-electron chi connectivity index (χ4n) is 7.26. The highest BCUT2D eigenvalue weighted by molar-refractivity contribution is 5.67. The molecule has 6 heteroatoms. The van der Waals surface area contributed by atoms with Crippen LogP contribution in [-0.2, 0) is 0 Å². The number of ether oxygens (including phenoxy) is 2. The standard InChI is InChI=1S/C31H42N4O2/c1-21(2)16-33-19-31(20-33)14-26(15-31)34-10-8-23(9-11-34)25-12-22(3)30-32-27(18-35(30)17-25)24-6-7-28(36-4)29(13-24)37-5/h6-7,12-13,17-18,21,23,26H,8-11,14-16,19-20H2,1-5H3. The van der Waals surface area contributed by atoms with Gasteiger partial charge in [-0.25, -0.2) is 4.98 Å².